The van der Waals surface area contributed by atoms with Crippen LogP contribution in [0.1, 0.15) is 10.4 Å². The first kappa shape index (κ1) is 17.8. The van der Waals surface area contributed by atoms with Crippen molar-refractivity contribution in [1.29, 1.82) is 0 Å². The van der Waals surface area contributed by atoms with Gasteiger partial charge in [-0.3, -0.25) is 4.79 Å². The van der Waals surface area contributed by atoms with E-state index in [0.717, 1.165) is 6.29 Å². The predicted octanol–water partition coefficient (Wildman–Crippen LogP) is -0.448. The van der Waals surface area contributed by atoms with Crippen molar-refractivity contribution < 1.29 is 4.79 Å². The van der Waals surface area contributed by atoms with Crippen molar-refractivity contribution in [2.24, 2.45) is 17.2 Å². The molecule has 0 saturated carbocycles. The van der Waals surface area contributed by atoms with Gasteiger partial charge in [0.25, 0.3) is 0 Å². The number of carbonyl (C=O) groups excluding carboxylic acids is 1. The van der Waals surface area contributed by atoms with Gasteiger partial charge in [-0.05, 0) is 27.2 Å². The fourth-order valence-corrected chi connectivity index (χ4v) is 0.410. The number of H-pyrrole nitrogens is 1. The van der Waals surface area contributed by atoms with E-state index in [1.54, 1.807) is 18.5 Å². The number of rotatable bonds is 1. The lowest BCUT2D eigenvalue weighted by molar-refractivity contribution is 0.112. The molecule has 0 aliphatic rings. The molecule has 0 spiro atoms. The molecule has 0 amide bonds. The highest BCUT2D eigenvalue weighted by Gasteiger charge is 1.81. The molecule has 0 fully saturated rings. The molecule has 0 aliphatic carbocycles. The molecule has 0 aromatic carbocycles. The molecule has 0 atom stereocenters. The number of nitrogens with one attached hydrogen (secondary N) is 1. The predicted molar refractivity (Wildman–Crippen MR) is 56.5 cm³/mol. The zero-order chi connectivity index (χ0) is 11.1. The Bertz CT molecular complexity index is 151. The van der Waals surface area contributed by atoms with Gasteiger partial charge in [0, 0.05) is 18.0 Å². The van der Waals surface area contributed by atoms with E-state index >= 15 is 0 Å². The number of hydrogen-bond acceptors (Lipinski definition) is 4. The average molecular weight is 188 g/mol. The van der Waals surface area contributed by atoms with E-state index in [1.807, 2.05) is 0 Å². The van der Waals surface area contributed by atoms with Crippen LogP contribution in [-0.4, -0.2) is 32.4 Å². The molecular weight excluding hydrogens is 168 g/mol. The maximum atomic E-state index is 9.85. The fraction of sp³-hybridized carbons (Fsp3) is 0.375. The van der Waals surface area contributed by atoms with Gasteiger partial charge in [0.2, 0.25) is 0 Å². The summed E-state index contributed by atoms with van der Waals surface area (Å²) in [5.41, 5.74) is 14.2. The van der Waals surface area contributed by atoms with Crippen LogP contribution in [0.15, 0.2) is 18.5 Å². The lowest BCUT2D eigenvalue weighted by Gasteiger charge is -1.66. The molecule has 1 heterocycles. The first-order chi connectivity index (χ1) is 6.43. The number of carbonyl (C=O) groups is 1. The second kappa shape index (κ2) is 22.4. The molecule has 78 valence electrons. The minimum Gasteiger partial charge on any atom is -0.367 e. The van der Waals surface area contributed by atoms with Gasteiger partial charge in [-0.15, -0.1) is 0 Å². The van der Waals surface area contributed by atoms with Gasteiger partial charge in [0.15, 0.2) is 6.29 Å². The molecule has 0 bridgehead atoms. The summed E-state index contributed by atoms with van der Waals surface area (Å²) >= 11 is 0. The Morgan fingerprint density at radius 1 is 1.15 bits per heavy atom. The third-order valence-electron chi connectivity index (χ3n) is 0.758. The first-order valence-corrected chi connectivity index (χ1v) is 3.74. The molecule has 1 aromatic heterocycles. The summed E-state index contributed by atoms with van der Waals surface area (Å²) < 4.78 is 0. The summed E-state index contributed by atoms with van der Waals surface area (Å²) in [5.74, 6) is 0. The third kappa shape index (κ3) is 13.8. The van der Waals surface area contributed by atoms with Crippen LogP contribution in [0.5, 0.6) is 0 Å². The fourth-order valence-electron chi connectivity index (χ4n) is 0.410. The lowest BCUT2D eigenvalue weighted by atomic mass is 10.4. The van der Waals surface area contributed by atoms with E-state index in [2.05, 4.69) is 22.2 Å². The van der Waals surface area contributed by atoms with E-state index in [-0.39, 0.29) is 0 Å². The number of aromatic amines is 1. The molecule has 0 aliphatic heterocycles. The standard InChI is InChI=1S/C5H5NO.3CH5N/c7-4-5-1-2-6-3-5;3*1-2/h1-4,6H;3*2H2,1H3. The highest BCUT2D eigenvalue weighted by atomic mass is 16.1. The highest BCUT2D eigenvalue weighted by Crippen LogP contribution is 1.87. The summed E-state index contributed by atoms with van der Waals surface area (Å²) in [6, 6.07) is 1.72. The molecule has 7 N–H and O–H groups in total. The quantitative estimate of drug-likeness (QED) is 0.447. The Balaban J connectivity index is -0.000000144. The zero-order valence-corrected chi connectivity index (χ0v) is 8.45. The number of hydrogen-bond donors (Lipinski definition) is 4. The first-order valence-electron chi connectivity index (χ1n) is 3.74. The summed E-state index contributed by atoms with van der Waals surface area (Å²) in [4.78, 5) is 12.6. The summed E-state index contributed by atoms with van der Waals surface area (Å²) in [7, 11) is 4.50. The van der Waals surface area contributed by atoms with Gasteiger partial charge >= 0.3 is 0 Å². The Morgan fingerprint density at radius 2 is 1.62 bits per heavy atom. The van der Waals surface area contributed by atoms with Gasteiger partial charge in [0.1, 0.15) is 0 Å². The van der Waals surface area contributed by atoms with Crippen molar-refractivity contribution in [2.75, 3.05) is 21.1 Å². The second-order valence-electron chi connectivity index (χ2n) is 1.26. The van der Waals surface area contributed by atoms with Gasteiger partial charge in [0.05, 0.1) is 0 Å². The molecular formula is C8H20N4O. The van der Waals surface area contributed by atoms with Crippen molar-refractivity contribution >= 4 is 6.29 Å². The lowest BCUT2D eigenvalue weighted by Crippen LogP contribution is -1.69. The smallest absolute Gasteiger partial charge is 0.151 e. The average Bonchev–Trinajstić information content (AvgIpc) is 2.79. The van der Waals surface area contributed by atoms with Crippen LogP contribution < -0.4 is 17.2 Å². The van der Waals surface area contributed by atoms with Crippen LogP contribution in [0.2, 0.25) is 0 Å². The van der Waals surface area contributed by atoms with Crippen molar-refractivity contribution in [2.45, 2.75) is 0 Å². The zero-order valence-electron chi connectivity index (χ0n) is 8.45. The molecule has 5 nitrogen and oxygen atoms in total. The van der Waals surface area contributed by atoms with Gasteiger partial charge in [-0.25, -0.2) is 0 Å². The maximum Gasteiger partial charge on any atom is 0.151 e. The third-order valence-corrected chi connectivity index (χ3v) is 0.758. The van der Waals surface area contributed by atoms with E-state index in [9.17, 15) is 4.79 Å². The van der Waals surface area contributed by atoms with Gasteiger partial charge < -0.3 is 22.2 Å². The normalized spacial score (nSPS) is 6.00. The Hall–Kier alpha value is -1.17. The summed E-state index contributed by atoms with van der Waals surface area (Å²) in [6.07, 6.45) is 4.16. The number of nitrogens with two attached hydrogens (primary N) is 3. The molecule has 1 aromatic rings. The molecule has 0 saturated heterocycles. The van der Waals surface area contributed by atoms with Crippen molar-refractivity contribution in [3.8, 4) is 0 Å². The van der Waals surface area contributed by atoms with Crippen LogP contribution in [0.4, 0.5) is 0 Å². The summed E-state index contributed by atoms with van der Waals surface area (Å²) in [6.45, 7) is 0. The van der Waals surface area contributed by atoms with Crippen LogP contribution >= 0.6 is 0 Å². The van der Waals surface area contributed by atoms with Crippen LogP contribution in [0, 0.1) is 0 Å². The van der Waals surface area contributed by atoms with Gasteiger partial charge in [-0.2, -0.15) is 0 Å². The minimum atomic E-state index is 0.694. The molecule has 13 heavy (non-hydrogen) atoms. The van der Waals surface area contributed by atoms with Crippen LogP contribution in [-0.2, 0) is 0 Å². The topological polar surface area (TPSA) is 111 Å². The van der Waals surface area contributed by atoms with Crippen LogP contribution in [0.25, 0.3) is 0 Å². The SMILES string of the molecule is CN.CN.CN.O=Cc1cc[nH]c1. The van der Waals surface area contributed by atoms with E-state index in [1.165, 1.54) is 21.1 Å². The number of aromatic nitrogens is 1. The molecule has 0 unspecified atom stereocenters. The van der Waals surface area contributed by atoms with Crippen molar-refractivity contribution in [3.63, 3.8) is 0 Å². The number of aldehydes is 1. The van der Waals surface area contributed by atoms with Crippen molar-refractivity contribution in [1.82, 2.24) is 4.98 Å². The van der Waals surface area contributed by atoms with Crippen molar-refractivity contribution in [3.05, 3.63) is 24.0 Å². The highest BCUT2D eigenvalue weighted by molar-refractivity contribution is 5.73. The van der Waals surface area contributed by atoms with Gasteiger partial charge in [-0.1, -0.05) is 0 Å². The van der Waals surface area contributed by atoms with Crippen LogP contribution in [0.3, 0.4) is 0 Å². The maximum absolute atomic E-state index is 9.85. The van der Waals surface area contributed by atoms with E-state index in [4.69, 9.17) is 0 Å². The van der Waals surface area contributed by atoms with E-state index < -0.39 is 0 Å². The summed E-state index contributed by atoms with van der Waals surface area (Å²) in [5, 5.41) is 0. The Labute approximate surface area is 79.3 Å². The minimum absolute atomic E-state index is 0.694. The monoisotopic (exact) mass is 188 g/mol. The molecule has 0 radical (unpaired) electrons. The largest absolute Gasteiger partial charge is 0.367 e. The molecule has 5 heteroatoms. The second-order valence-corrected chi connectivity index (χ2v) is 1.26. The Kier molecular flexibility index (Phi) is 30.7. The Morgan fingerprint density at radius 3 is 1.77 bits per heavy atom. The molecule has 1 rings (SSSR count). The van der Waals surface area contributed by atoms with E-state index in [0.29, 0.717) is 5.56 Å².